The van der Waals surface area contributed by atoms with Gasteiger partial charge in [0, 0.05) is 26.0 Å². The van der Waals surface area contributed by atoms with Gasteiger partial charge in [-0.15, -0.1) is 5.10 Å². The molecule has 0 aliphatic heterocycles. The predicted molar refractivity (Wildman–Crippen MR) is 85.6 cm³/mol. The lowest BCUT2D eigenvalue weighted by molar-refractivity contribution is 0.0687. The smallest absolute Gasteiger partial charge is 0.354 e. The van der Waals surface area contributed by atoms with Crippen LogP contribution in [0, 0.1) is 0 Å². The van der Waals surface area contributed by atoms with Gasteiger partial charge in [-0.3, -0.25) is 4.98 Å². The molecule has 0 radical (unpaired) electrons. The topological polar surface area (TPSA) is 110 Å². The lowest BCUT2D eigenvalue weighted by atomic mass is 10.2. The first-order valence-electron chi connectivity index (χ1n) is 7.05. The number of hydrogen-bond donors (Lipinski definition) is 2. The number of hydrogen-bond acceptors (Lipinski definition) is 6. The summed E-state index contributed by atoms with van der Waals surface area (Å²) in [6.07, 6.45) is 4.35. The van der Waals surface area contributed by atoms with Crippen LogP contribution in [0.15, 0.2) is 36.7 Å². The molecule has 0 aromatic carbocycles. The number of carbonyl (C=O) groups is 1. The van der Waals surface area contributed by atoms with Crippen LogP contribution >= 0.6 is 0 Å². The van der Waals surface area contributed by atoms with Gasteiger partial charge in [0.25, 0.3) is 0 Å². The third-order valence-corrected chi connectivity index (χ3v) is 3.60. The Labute approximate surface area is 132 Å². The Bertz CT molecular complexity index is 846. The van der Waals surface area contributed by atoms with Gasteiger partial charge >= 0.3 is 5.97 Å². The second-order valence-corrected chi connectivity index (χ2v) is 5.14. The Hall–Kier alpha value is -3.16. The van der Waals surface area contributed by atoms with Crippen molar-refractivity contribution in [2.45, 2.75) is 6.42 Å². The third-order valence-electron chi connectivity index (χ3n) is 3.60. The molecule has 23 heavy (non-hydrogen) atoms. The summed E-state index contributed by atoms with van der Waals surface area (Å²) in [5.74, 6) is -1.03. The highest BCUT2D eigenvalue weighted by Crippen LogP contribution is 2.22. The van der Waals surface area contributed by atoms with Gasteiger partial charge in [0.2, 0.25) is 5.95 Å². The molecule has 3 heterocycles. The molecular formula is C15H16N6O2. The molecule has 3 aromatic heterocycles. The summed E-state index contributed by atoms with van der Waals surface area (Å²) in [5.41, 5.74) is 8.03. The maximum atomic E-state index is 11.3. The van der Waals surface area contributed by atoms with Crippen LogP contribution in [0.1, 0.15) is 16.1 Å². The second-order valence-electron chi connectivity index (χ2n) is 5.14. The van der Waals surface area contributed by atoms with Gasteiger partial charge in [-0.05, 0) is 36.2 Å². The highest BCUT2D eigenvalue weighted by molar-refractivity contribution is 5.88. The van der Waals surface area contributed by atoms with Crippen molar-refractivity contribution >= 4 is 23.3 Å². The SMILES string of the molecule is CN(CCc1ccncc1)c1ccc(C(=O)O)n2nc(N)nc12. The minimum atomic E-state index is -1.08. The highest BCUT2D eigenvalue weighted by Gasteiger charge is 2.17. The van der Waals surface area contributed by atoms with Gasteiger partial charge in [-0.2, -0.15) is 4.98 Å². The summed E-state index contributed by atoms with van der Waals surface area (Å²) < 4.78 is 1.26. The lowest BCUT2D eigenvalue weighted by Gasteiger charge is -2.20. The van der Waals surface area contributed by atoms with E-state index < -0.39 is 5.97 Å². The molecule has 0 aliphatic carbocycles. The fourth-order valence-electron chi connectivity index (χ4n) is 2.39. The Kier molecular flexibility index (Phi) is 3.80. The first kappa shape index (κ1) is 14.8. The minimum Gasteiger partial charge on any atom is -0.477 e. The van der Waals surface area contributed by atoms with Crippen LogP contribution in [0.3, 0.4) is 0 Å². The van der Waals surface area contributed by atoms with E-state index in [0.29, 0.717) is 5.65 Å². The molecule has 3 N–H and O–H groups in total. The van der Waals surface area contributed by atoms with E-state index in [2.05, 4.69) is 15.1 Å². The minimum absolute atomic E-state index is 0.0236. The molecule has 0 fully saturated rings. The van der Waals surface area contributed by atoms with E-state index >= 15 is 0 Å². The lowest BCUT2D eigenvalue weighted by Crippen LogP contribution is -2.22. The molecule has 0 aliphatic rings. The zero-order valence-electron chi connectivity index (χ0n) is 12.5. The molecule has 3 aromatic rings. The van der Waals surface area contributed by atoms with Crippen molar-refractivity contribution in [1.82, 2.24) is 19.6 Å². The summed E-state index contributed by atoms with van der Waals surface area (Å²) in [5, 5.41) is 13.2. The van der Waals surface area contributed by atoms with E-state index in [0.717, 1.165) is 18.7 Å². The summed E-state index contributed by atoms with van der Waals surface area (Å²) in [7, 11) is 1.92. The van der Waals surface area contributed by atoms with E-state index in [1.165, 1.54) is 16.1 Å². The molecule has 0 amide bonds. The Morgan fingerprint density at radius 2 is 2.04 bits per heavy atom. The standard InChI is InChI=1S/C15H16N6O2/c1-20(9-6-10-4-7-17-8-5-10)11-2-3-12(14(22)23)21-13(11)18-15(16)19-21/h2-5,7-8H,6,9H2,1H3,(H2,16,19)(H,22,23). The van der Waals surface area contributed by atoms with Crippen LogP contribution in [0.25, 0.3) is 5.65 Å². The summed E-state index contributed by atoms with van der Waals surface area (Å²) in [6.45, 7) is 0.735. The average molecular weight is 312 g/mol. The number of likely N-dealkylation sites (N-methyl/N-ethyl adjacent to an activating group) is 1. The van der Waals surface area contributed by atoms with Gasteiger partial charge in [0.15, 0.2) is 11.3 Å². The summed E-state index contributed by atoms with van der Waals surface area (Å²) in [6, 6.07) is 7.15. The number of aromatic carboxylic acids is 1. The number of nitrogens with two attached hydrogens (primary N) is 1. The molecule has 3 rings (SSSR count). The largest absolute Gasteiger partial charge is 0.477 e. The first-order chi connectivity index (χ1) is 11.1. The number of fused-ring (bicyclic) bond motifs is 1. The summed E-state index contributed by atoms with van der Waals surface area (Å²) >= 11 is 0. The Balaban J connectivity index is 1.90. The van der Waals surface area contributed by atoms with Crippen LogP contribution in [-0.2, 0) is 6.42 Å². The molecule has 8 nitrogen and oxygen atoms in total. The maximum absolute atomic E-state index is 11.3. The number of nitrogens with zero attached hydrogens (tertiary/aromatic N) is 5. The fourth-order valence-corrected chi connectivity index (χ4v) is 2.39. The van der Waals surface area contributed by atoms with E-state index in [-0.39, 0.29) is 11.6 Å². The van der Waals surface area contributed by atoms with Gasteiger partial charge in [-0.1, -0.05) is 0 Å². The molecule has 0 bridgehead atoms. The van der Waals surface area contributed by atoms with Crippen LogP contribution in [-0.4, -0.2) is 44.3 Å². The predicted octanol–water partition coefficient (Wildman–Crippen LogP) is 1.08. The number of nitrogen functional groups attached to an aromatic ring is 1. The highest BCUT2D eigenvalue weighted by atomic mass is 16.4. The number of rotatable bonds is 5. The molecule has 118 valence electrons. The average Bonchev–Trinajstić information content (AvgIpc) is 2.93. The van der Waals surface area contributed by atoms with Crippen LogP contribution in [0.2, 0.25) is 0 Å². The van der Waals surface area contributed by atoms with Crippen molar-refractivity contribution in [3.05, 3.63) is 47.9 Å². The molecule has 0 unspecified atom stereocenters. The quantitative estimate of drug-likeness (QED) is 0.725. The second kappa shape index (κ2) is 5.91. The van der Waals surface area contributed by atoms with Crippen LogP contribution < -0.4 is 10.6 Å². The summed E-state index contributed by atoms with van der Waals surface area (Å²) in [4.78, 5) is 21.4. The van der Waals surface area contributed by atoms with Gasteiger partial charge in [0.05, 0.1) is 5.69 Å². The number of carboxylic acid groups (broad SMARTS) is 1. The van der Waals surface area contributed by atoms with E-state index in [9.17, 15) is 9.90 Å². The third kappa shape index (κ3) is 2.91. The number of aromatic nitrogens is 4. The number of anilines is 2. The molecular weight excluding hydrogens is 296 g/mol. The molecule has 0 atom stereocenters. The van der Waals surface area contributed by atoms with Crippen molar-refractivity contribution < 1.29 is 9.90 Å². The monoisotopic (exact) mass is 312 g/mol. The van der Waals surface area contributed by atoms with Crippen molar-refractivity contribution in [2.75, 3.05) is 24.2 Å². The molecule has 0 saturated heterocycles. The van der Waals surface area contributed by atoms with Gasteiger partial charge < -0.3 is 15.7 Å². The zero-order valence-corrected chi connectivity index (χ0v) is 12.5. The van der Waals surface area contributed by atoms with Crippen LogP contribution in [0.4, 0.5) is 11.6 Å². The van der Waals surface area contributed by atoms with Crippen molar-refractivity contribution in [2.24, 2.45) is 0 Å². The van der Waals surface area contributed by atoms with Gasteiger partial charge in [0.1, 0.15) is 0 Å². The normalized spacial score (nSPS) is 10.8. The first-order valence-corrected chi connectivity index (χ1v) is 7.05. The van der Waals surface area contributed by atoms with Crippen molar-refractivity contribution in [1.29, 1.82) is 0 Å². The van der Waals surface area contributed by atoms with E-state index in [4.69, 9.17) is 5.73 Å². The Morgan fingerprint density at radius 3 is 2.74 bits per heavy atom. The van der Waals surface area contributed by atoms with Crippen molar-refractivity contribution in [3.8, 4) is 0 Å². The van der Waals surface area contributed by atoms with E-state index in [1.807, 2.05) is 24.1 Å². The number of pyridine rings is 2. The molecule has 0 saturated carbocycles. The number of carboxylic acids is 1. The van der Waals surface area contributed by atoms with Gasteiger partial charge in [-0.25, -0.2) is 9.31 Å². The fraction of sp³-hybridized carbons (Fsp3) is 0.200. The molecule has 0 spiro atoms. The zero-order chi connectivity index (χ0) is 16.4. The van der Waals surface area contributed by atoms with Crippen molar-refractivity contribution in [3.63, 3.8) is 0 Å². The molecule has 8 heteroatoms. The van der Waals surface area contributed by atoms with E-state index in [1.54, 1.807) is 18.5 Å². The maximum Gasteiger partial charge on any atom is 0.354 e. The Morgan fingerprint density at radius 1 is 1.30 bits per heavy atom. The van der Waals surface area contributed by atoms with Crippen LogP contribution in [0.5, 0.6) is 0 Å².